The highest BCUT2D eigenvalue weighted by Gasteiger charge is 2.35. The Hall–Kier alpha value is -0.0800. The lowest BCUT2D eigenvalue weighted by molar-refractivity contribution is 0.130. The molecule has 1 unspecified atom stereocenters. The molecule has 0 saturated heterocycles. The van der Waals surface area contributed by atoms with Crippen molar-refractivity contribution >= 4 is 0 Å². The van der Waals surface area contributed by atoms with Crippen molar-refractivity contribution in [2.24, 2.45) is 5.92 Å². The third-order valence-corrected chi connectivity index (χ3v) is 3.72. The smallest absolute Gasteiger partial charge is 0.0300 e. The quantitative estimate of drug-likeness (QED) is 0.703. The third kappa shape index (κ3) is 2.96. The summed E-state index contributed by atoms with van der Waals surface area (Å²) in [6, 6.07) is 0.634. The molecule has 1 rings (SSSR count). The third-order valence-electron chi connectivity index (χ3n) is 3.72. The average molecular weight is 198 g/mol. The summed E-state index contributed by atoms with van der Waals surface area (Å²) in [5, 5.41) is 3.63. The first kappa shape index (κ1) is 12.0. The molecule has 2 nitrogen and oxygen atoms in total. The summed E-state index contributed by atoms with van der Waals surface area (Å²) < 4.78 is 0. The number of likely N-dealkylation sites (N-methyl/N-ethyl adjacent to an activating group) is 2. The summed E-state index contributed by atoms with van der Waals surface area (Å²) in [5.41, 5.74) is 0.262. The molecule has 0 aromatic heterocycles. The van der Waals surface area contributed by atoms with Crippen LogP contribution in [0.4, 0.5) is 0 Å². The van der Waals surface area contributed by atoms with Crippen molar-refractivity contribution in [1.82, 2.24) is 10.2 Å². The Bertz CT molecular complexity index is 171. The van der Waals surface area contributed by atoms with Gasteiger partial charge in [0.05, 0.1) is 0 Å². The minimum atomic E-state index is 0.262. The van der Waals surface area contributed by atoms with Gasteiger partial charge in [-0.3, -0.25) is 0 Å². The van der Waals surface area contributed by atoms with Gasteiger partial charge in [-0.05, 0) is 46.8 Å². The van der Waals surface area contributed by atoms with Gasteiger partial charge in [0.15, 0.2) is 0 Å². The number of hydrogen-bond donors (Lipinski definition) is 1. The Morgan fingerprint density at radius 1 is 1.36 bits per heavy atom. The number of hydrogen-bond acceptors (Lipinski definition) is 2. The molecular weight excluding hydrogens is 172 g/mol. The molecule has 2 heteroatoms. The SMILES string of the molecule is CCNC(CC1CC1)C(C)(C)N(C)C. The van der Waals surface area contributed by atoms with Gasteiger partial charge >= 0.3 is 0 Å². The summed E-state index contributed by atoms with van der Waals surface area (Å²) in [4.78, 5) is 2.34. The maximum Gasteiger partial charge on any atom is 0.0300 e. The summed E-state index contributed by atoms with van der Waals surface area (Å²) in [5.74, 6) is 0.998. The second-order valence-electron chi connectivity index (χ2n) is 5.34. The van der Waals surface area contributed by atoms with Gasteiger partial charge in [0.2, 0.25) is 0 Å². The zero-order chi connectivity index (χ0) is 10.8. The van der Waals surface area contributed by atoms with Crippen LogP contribution >= 0.6 is 0 Å². The lowest BCUT2D eigenvalue weighted by Gasteiger charge is -2.41. The zero-order valence-electron chi connectivity index (χ0n) is 10.4. The molecule has 0 aliphatic heterocycles. The Balaban J connectivity index is 2.53. The lowest BCUT2D eigenvalue weighted by atomic mass is 9.89. The summed E-state index contributed by atoms with van der Waals surface area (Å²) >= 11 is 0. The molecule has 1 atom stereocenters. The van der Waals surface area contributed by atoms with Crippen LogP contribution in [0.15, 0.2) is 0 Å². The molecule has 0 radical (unpaired) electrons. The fourth-order valence-corrected chi connectivity index (χ4v) is 1.87. The van der Waals surface area contributed by atoms with Gasteiger partial charge in [-0.15, -0.1) is 0 Å². The van der Waals surface area contributed by atoms with Gasteiger partial charge in [0.25, 0.3) is 0 Å². The first-order chi connectivity index (χ1) is 6.48. The van der Waals surface area contributed by atoms with Crippen LogP contribution in [-0.4, -0.2) is 37.1 Å². The normalized spacial score (nSPS) is 20.1. The van der Waals surface area contributed by atoms with E-state index < -0.39 is 0 Å². The molecule has 1 fully saturated rings. The van der Waals surface area contributed by atoms with Crippen LogP contribution in [0.3, 0.4) is 0 Å². The maximum atomic E-state index is 3.63. The van der Waals surface area contributed by atoms with E-state index in [2.05, 4.69) is 45.1 Å². The summed E-state index contributed by atoms with van der Waals surface area (Å²) in [6.45, 7) is 7.95. The van der Waals surface area contributed by atoms with Crippen molar-refractivity contribution in [2.45, 2.75) is 51.6 Å². The molecule has 84 valence electrons. The van der Waals surface area contributed by atoms with Gasteiger partial charge < -0.3 is 10.2 Å². The molecule has 0 spiro atoms. The van der Waals surface area contributed by atoms with E-state index >= 15 is 0 Å². The van der Waals surface area contributed by atoms with E-state index in [1.807, 2.05) is 0 Å². The predicted octanol–water partition coefficient (Wildman–Crippen LogP) is 2.10. The highest BCUT2D eigenvalue weighted by Crippen LogP contribution is 2.36. The second kappa shape index (κ2) is 4.63. The van der Waals surface area contributed by atoms with Gasteiger partial charge in [-0.25, -0.2) is 0 Å². The van der Waals surface area contributed by atoms with Crippen molar-refractivity contribution in [1.29, 1.82) is 0 Å². The van der Waals surface area contributed by atoms with Crippen LogP contribution in [0.25, 0.3) is 0 Å². The molecule has 0 aromatic rings. The molecule has 1 aliphatic rings. The van der Waals surface area contributed by atoms with Crippen LogP contribution in [0, 0.1) is 5.92 Å². The highest BCUT2D eigenvalue weighted by molar-refractivity contribution is 4.94. The van der Waals surface area contributed by atoms with E-state index in [0.717, 1.165) is 12.5 Å². The molecule has 1 aliphatic carbocycles. The molecule has 0 heterocycles. The van der Waals surface area contributed by atoms with Crippen LogP contribution in [0.1, 0.15) is 40.0 Å². The van der Waals surface area contributed by atoms with E-state index in [4.69, 9.17) is 0 Å². The fourth-order valence-electron chi connectivity index (χ4n) is 1.87. The summed E-state index contributed by atoms with van der Waals surface area (Å²) in [6.07, 6.45) is 4.25. The first-order valence-corrected chi connectivity index (χ1v) is 5.89. The van der Waals surface area contributed by atoms with Gasteiger partial charge in [0, 0.05) is 11.6 Å². The number of rotatable bonds is 6. The minimum Gasteiger partial charge on any atom is -0.312 e. The van der Waals surface area contributed by atoms with E-state index in [-0.39, 0.29) is 5.54 Å². The van der Waals surface area contributed by atoms with E-state index in [9.17, 15) is 0 Å². The van der Waals surface area contributed by atoms with E-state index in [0.29, 0.717) is 6.04 Å². The lowest BCUT2D eigenvalue weighted by Crippen LogP contribution is -2.55. The monoisotopic (exact) mass is 198 g/mol. The Labute approximate surface area is 89.1 Å². The largest absolute Gasteiger partial charge is 0.312 e. The number of nitrogens with zero attached hydrogens (tertiary/aromatic N) is 1. The van der Waals surface area contributed by atoms with E-state index in [1.165, 1.54) is 19.3 Å². The topological polar surface area (TPSA) is 15.3 Å². The summed E-state index contributed by atoms with van der Waals surface area (Å²) in [7, 11) is 4.36. The van der Waals surface area contributed by atoms with Crippen LogP contribution in [0.2, 0.25) is 0 Å². The Morgan fingerprint density at radius 3 is 2.29 bits per heavy atom. The Kier molecular flexibility index (Phi) is 3.96. The standard InChI is InChI=1S/C12H26N2/c1-6-13-11(9-10-7-8-10)12(2,3)14(4)5/h10-11,13H,6-9H2,1-5H3. The molecule has 14 heavy (non-hydrogen) atoms. The van der Waals surface area contributed by atoms with E-state index in [1.54, 1.807) is 0 Å². The van der Waals surface area contributed by atoms with Gasteiger partial charge in [-0.1, -0.05) is 19.8 Å². The molecule has 0 aromatic carbocycles. The highest BCUT2D eigenvalue weighted by atomic mass is 15.2. The number of nitrogens with one attached hydrogen (secondary N) is 1. The van der Waals surface area contributed by atoms with Crippen molar-refractivity contribution in [3.05, 3.63) is 0 Å². The first-order valence-electron chi connectivity index (χ1n) is 5.89. The average Bonchev–Trinajstić information content (AvgIpc) is 2.87. The van der Waals surface area contributed by atoms with Gasteiger partial charge in [0.1, 0.15) is 0 Å². The van der Waals surface area contributed by atoms with Crippen LogP contribution in [-0.2, 0) is 0 Å². The van der Waals surface area contributed by atoms with Crippen LogP contribution in [0.5, 0.6) is 0 Å². The molecule has 0 amide bonds. The van der Waals surface area contributed by atoms with Gasteiger partial charge in [-0.2, -0.15) is 0 Å². The Morgan fingerprint density at radius 2 is 1.93 bits per heavy atom. The van der Waals surface area contributed by atoms with Crippen molar-refractivity contribution in [3.8, 4) is 0 Å². The van der Waals surface area contributed by atoms with Crippen molar-refractivity contribution in [3.63, 3.8) is 0 Å². The molecule has 1 saturated carbocycles. The van der Waals surface area contributed by atoms with Crippen molar-refractivity contribution < 1.29 is 0 Å². The fraction of sp³-hybridized carbons (Fsp3) is 1.00. The minimum absolute atomic E-state index is 0.262. The molecular formula is C12H26N2. The predicted molar refractivity (Wildman–Crippen MR) is 62.6 cm³/mol. The van der Waals surface area contributed by atoms with Crippen LogP contribution < -0.4 is 5.32 Å². The maximum absolute atomic E-state index is 3.63. The second-order valence-corrected chi connectivity index (χ2v) is 5.34. The molecule has 0 bridgehead atoms. The molecule has 1 N–H and O–H groups in total. The van der Waals surface area contributed by atoms with Crippen molar-refractivity contribution in [2.75, 3.05) is 20.6 Å². The zero-order valence-corrected chi connectivity index (χ0v) is 10.4.